The van der Waals surface area contributed by atoms with Gasteiger partial charge in [-0.1, -0.05) is 38.1 Å². The monoisotopic (exact) mass is 488 g/mol. The van der Waals surface area contributed by atoms with Crippen LogP contribution in [0.5, 0.6) is 11.5 Å². The van der Waals surface area contributed by atoms with Gasteiger partial charge in [0.25, 0.3) is 5.91 Å². The second-order valence-electron chi connectivity index (χ2n) is 8.47. The molecule has 4 rings (SSSR count). The predicted molar refractivity (Wildman–Crippen MR) is 146 cm³/mol. The second-order valence-corrected chi connectivity index (χ2v) is 8.47. The molecule has 36 heavy (non-hydrogen) atoms. The van der Waals surface area contributed by atoms with E-state index in [1.807, 2.05) is 88.5 Å². The lowest BCUT2D eigenvalue weighted by Crippen LogP contribution is -2.39. The van der Waals surface area contributed by atoms with Crippen LogP contribution < -0.4 is 14.8 Å². The molecule has 1 aromatic heterocycles. The Morgan fingerprint density at radius 3 is 2.42 bits per heavy atom. The van der Waals surface area contributed by atoms with Crippen molar-refractivity contribution in [2.75, 3.05) is 20.8 Å². The molecule has 190 valence electrons. The highest BCUT2D eigenvalue weighted by molar-refractivity contribution is 5.95. The fourth-order valence-corrected chi connectivity index (χ4v) is 4.43. The Morgan fingerprint density at radius 1 is 1.00 bits per heavy atom. The minimum Gasteiger partial charge on any atom is -0.493 e. The summed E-state index contributed by atoms with van der Waals surface area (Å²) >= 11 is 0. The molecule has 0 saturated carbocycles. The zero-order valence-corrected chi connectivity index (χ0v) is 21.9. The Labute approximate surface area is 213 Å². The van der Waals surface area contributed by atoms with Crippen molar-refractivity contribution in [3.63, 3.8) is 0 Å². The first kappa shape index (κ1) is 26.8. The van der Waals surface area contributed by atoms with E-state index in [-0.39, 0.29) is 18.6 Å². The van der Waals surface area contributed by atoms with E-state index >= 15 is 0 Å². The first-order valence-electron chi connectivity index (χ1n) is 12.3. The number of nitrogens with one attached hydrogen (secondary N) is 2. The van der Waals surface area contributed by atoms with Gasteiger partial charge in [0.05, 0.1) is 26.9 Å². The van der Waals surface area contributed by atoms with Crippen molar-refractivity contribution in [3.05, 3.63) is 83.0 Å². The number of aliphatic hydroxyl groups excluding tert-OH is 1. The third-order valence-electron chi connectivity index (χ3n) is 6.16. The minimum absolute atomic E-state index is 0.146. The van der Waals surface area contributed by atoms with Crippen LogP contribution in [0.1, 0.15) is 40.9 Å². The maximum atomic E-state index is 13.0. The van der Waals surface area contributed by atoms with E-state index in [1.165, 1.54) is 0 Å². The first-order valence-corrected chi connectivity index (χ1v) is 12.3. The summed E-state index contributed by atoms with van der Waals surface area (Å²) in [5.41, 5.74) is 6.60. The van der Waals surface area contributed by atoms with Crippen LogP contribution in [0.25, 0.3) is 22.0 Å². The molecule has 0 aliphatic carbocycles. The third-order valence-corrected chi connectivity index (χ3v) is 6.16. The molecule has 0 saturated heterocycles. The normalized spacial score (nSPS) is 11.4. The van der Waals surface area contributed by atoms with Gasteiger partial charge in [0.2, 0.25) is 0 Å². The number of benzene rings is 3. The van der Waals surface area contributed by atoms with Gasteiger partial charge in [-0.2, -0.15) is 0 Å². The van der Waals surface area contributed by atoms with Crippen LogP contribution in [0.15, 0.2) is 60.8 Å². The van der Waals surface area contributed by atoms with Gasteiger partial charge in [0, 0.05) is 22.7 Å². The van der Waals surface area contributed by atoms with E-state index in [1.54, 1.807) is 14.2 Å². The number of amides is 1. The fraction of sp³-hybridized carbons (Fsp3) is 0.300. The average molecular weight is 489 g/mol. The Morgan fingerprint density at radius 2 is 1.75 bits per heavy atom. The molecule has 0 aliphatic heterocycles. The maximum Gasteiger partial charge on any atom is 0.251 e. The van der Waals surface area contributed by atoms with Crippen LogP contribution in [0.2, 0.25) is 0 Å². The number of aryl methyl sites for hydroxylation is 2. The van der Waals surface area contributed by atoms with Gasteiger partial charge in [-0.25, -0.2) is 0 Å². The number of carbonyl (C=O) groups excluding carboxylic acids is 1. The largest absolute Gasteiger partial charge is 0.493 e. The van der Waals surface area contributed by atoms with Crippen LogP contribution in [0, 0.1) is 13.8 Å². The lowest BCUT2D eigenvalue weighted by molar-refractivity contribution is 0.0916. The summed E-state index contributed by atoms with van der Waals surface area (Å²) in [6.07, 6.45) is 2.47. The van der Waals surface area contributed by atoms with E-state index in [2.05, 4.69) is 10.3 Å². The lowest BCUT2D eigenvalue weighted by atomic mass is 9.96. The van der Waals surface area contributed by atoms with Crippen LogP contribution >= 0.6 is 0 Å². The molecule has 1 unspecified atom stereocenters. The van der Waals surface area contributed by atoms with Crippen molar-refractivity contribution >= 4 is 16.8 Å². The van der Waals surface area contributed by atoms with E-state index in [0.717, 1.165) is 38.7 Å². The van der Waals surface area contributed by atoms with Crippen molar-refractivity contribution in [2.45, 2.75) is 40.2 Å². The van der Waals surface area contributed by atoms with E-state index in [0.29, 0.717) is 23.5 Å². The van der Waals surface area contributed by atoms with Gasteiger partial charge >= 0.3 is 0 Å². The van der Waals surface area contributed by atoms with Gasteiger partial charge in [0.15, 0.2) is 11.5 Å². The Bertz CT molecular complexity index is 1330. The topological polar surface area (TPSA) is 83.6 Å². The Hall–Kier alpha value is -3.77. The number of aliphatic hydroxyl groups is 1. The number of H-pyrrole nitrogens is 1. The van der Waals surface area contributed by atoms with Crippen molar-refractivity contribution in [2.24, 2.45) is 0 Å². The maximum absolute atomic E-state index is 13.0. The molecule has 0 spiro atoms. The van der Waals surface area contributed by atoms with Crippen LogP contribution in [-0.2, 0) is 6.42 Å². The molecular formula is C30H36N2O4. The number of rotatable bonds is 8. The number of fused-ring (bicyclic) bond motifs is 1. The average Bonchev–Trinajstić information content (AvgIpc) is 3.31. The zero-order chi connectivity index (χ0) is 26.2. The molecule has 1 amide bonds. The van der Waals surface area contributed by atoms with Gasteiger partial charge in [-0.3, -0.25) is 4.79 Å². The first-order chi connectivity index (χ1) is 17.4. The quantitative estimate of drug-likeness (QED) is 0.291. The number of aromatic nitrogens is 1. The van der Waals surface area contributed by atoms with Gasteiger partial charge < -0.3 is 24.9 Å². The fourth-order valence-electron chi connectivity index (χ4n) is 4.43. The molecule has 3 aromatic carbocycles. The van der Waals surface area contributed by atoms with Gasteiger partial charge in [-0.15, -0.1) is 0 Å². The van der Waals surface area contributed by atoms with E-state index < -0.39 is 0 Å². The summed E-state index contributed by atoms with van der Waals surface area (Å²) < 4.78 is 10.9. The molecule has 6 nitrogen and oxygen atoms in total. The van der Waals surface area contributed by atoms with Crippen molar-refractivity contribution in [1.29, 1.82) is 0 Å². The lowest BCUT2D eigenvalue weighted by Gasteiger charge is -2.17. The Balaban J connectivity index is 0.00000176. The molecule has 0 fully saturated rings. The number of ether oxygens (including phenoxy) is 2. The minimum atomic E-state index is -0.389. The molecule has 3 N–H and O–H groups in total. The predicted octanol–water partition coefficient (Wildman–Crippen LogP) is 5.83. The number of hydrogen-bond acceptors (Lipinski definition) is 4. The van der Waals surface area contributed by atoms with E-state index in [9.17, 15) is 9.90 Å². The number of hydrogen-bond donors (Lipinski definition) is 3. The number of carbonyl (C=O) groups is 1. The number of methoxy groups -OCH3 is 2. The number of para-hydroxylation sites is 1. The summed E-state index contributed by atoms with van der Waals surface area (Å²) in [6, 6.07) is 17.2. The summed E-state index contributed by atoms with van der Waals surface area (Å²) in [5.74, 6) is 1.17. The molecular weight excluding hydrogens is 452 g/mol. The third kappa shape index (κ3) is 5.71. The highest BCUT2D eigenvalue weighted by Crippen LogP contribution is 2.37. The summed E-state index contributed by atoms with van der Waals surface area (Å²) in [7, 11) is 3.25. The summed E-state index contributed by atoms with van der Waals surface area (Å²) in [5, 5.41) is 14.0. The molecule has 4 aromatic rings. The standard InChI is InChI=1S/C28H30N2O4.C2H6/c1-17-11-19(9-10-23(17)20-12-18(2)27(34-4)26(14-20)33-3)28(32)30-22(16-31)13-21-15-29-25-8-6-5-7-24(21)25;1-2/h5-12,14-15,22,29,31H,13,16H2,1-4H3,(H,30,32);1-2H3. The molecule has 0 bridgehead atoms. The molecule has 0 aliphatic rings. The second kappa shape index (κ2) is 12.3. The van der Waals surface area contributed by atoms with Crippen LogP contribution in [0.4, 0.5) is 0 Å². The van der Waals surface area contributed by atoms with Crippen molar-refractivity contribution < 1.29 is 19.4 Å². The molecule has 0 radical (unpaired) electrons. The highest BCUT2D eigenvalue weighted by Gasteiger charge is 2.17. The summed E-state index contributed by atoms with van der Waals surface area (Å²) in [6.45, 7) is 7.81. The number of aromatic amines is 1. The molecule has 6 heteroatoms. The van der Waals surface area contributed by atoms with Crippen LogP contribution in [0.3, 0.4) is 0 Å². The Kier molecular flexibility index (Phi) is 9.14. The summed E-state index contributed by atoms with van der Waals surface area (Å²) in [4.78, 5) is 16.2. The van der Waals surface area contributed by atoms with Crippen molar-refractivity contribution in [3.8, 4) is 22.6 Å². The highest BCUT2D eigenvalue weighted by atomic mass is 16.5. The van der Waals surface area contributed by atoms with E-state index in [4.69, 9.17) is 9.47 Å². The van der Waals surface area contributed by atoms with Crippen molar-refractivity contribution in [1.82, 2.24) is 10.3 Å². The van der Waals surface area contributed by atoms with Gasteiger partial charge in [-0.05, 0) is 78.4 Å². The van der Waals surface area contributed by atoms with Crippen LogP contribution in [-0.4, -0.2) is 42.9 Å². The molecule has 1 atom stereocenters. The zero-order valence-electron chi connectivity index (χ0n) is 21.9. The SMILES string of the molecule is CC.COc1cc(-c2ccc(C(=O)NC(CO)Cc3c[nH]c4ccccc34)cc2C)cc(C)c1OC. The smallest absolute Gasteiger partial charge is 0.251 e. The van der Waals surface area contributed by atoms with Gasteiger partial charge in [0.1, 0.15) is 0 Å². The molecule has 1 heterocycles.